The summed E-state index contributed by atoms with van der Waals surface area (Å²) < 4.78 is 30.1. The van der Waals surface area contributed by atoms with Gasteiger partial charge < -0.3 is 14.8 Å². The standard InChI is InChI=1S/C18H21NO6S/c1-2-3-9-15(18(21)22)19-17(20)16-13(10-11-25-16)12-26(23,24)14-7-5-4-6-8-14/h4-8,10-11,15H,2-3,9,12H2,1H3,(H,19,20)(H,21,22). The molecule has 0 aliphatic rings. The number of carbonyl (C=O) groups excluding carboxylic acids is 1. The fourth-order valence-electron chi connectivity index (χ4n) is 2.45. The van der Waals surface area contributed by atoms with Crippen molar-refractivity contribution in [3.63, 3.8) is 0 Å². The summed E-state index contributed by atoms with van der Waals surface area (Å²) in [5.74, 6) is -2.48. The van der Waals surface area contributed by atoms with Crippen LogP contribution in [0.1, 0.15) is 42.3 Å². The highest BCUT2D eigenvalue weighted by molar-refractivity contribution is 7.90. The van der Waals surface area contributed by atoms with Gasteiger partial charge in [-0.1, -0.05) is 38.0 Å². The third-order valence-electron chi connectivity index (χ3n) is 3.85. The molecule has 1 heterocycles. The zero-order valence-electron chi connectivity index (χ0n) is 14.3. The van der Waals surface area contributed by atoms with Gasteiger partial charge in [-0.25, -0.2) is 13.2 Å². The number of hydrogen-bond acceptors (Lipinski definition) is 5. The van der Waals surface area contributed by atoms with E-state index in [0.717, 1.165) is 6.42 Å². The van der Waals surface area contributed by atoms with Gasteiger partial charge in [-0.3, -0.25) is 4.79 Å². The lowest BCUT2D eigenvalue weighted by molar-refractivity contribution is -0.139. The summed E-state index contributed by atoms with van der Waals surface area (Å²) in [6, 6.07) is 8.23. The molecule has 1 aromatic heterocycles. The van der Waals surface area contributed by atoms with Crippen LogP contribution in [0.5, 0.6) is 0 Å². The summed E-state index contributed by atoms with van der Waals surface area (Å²) in [6.45, 7) is 1.92. The number of nitrogens with one attached hydrogen (secondary N) is 1. The van der Waals surface area contributed by atoms with Crippen LogP contribution in [0.15, 0.2) is 52.0 Å². The van der Waals surface area contributed by atoms with Crippen molar-refractivity contribution in [2.75, 3.05) is 0 Å². The van der Waals surface area contributed by atoms with Gasteiger partial charge in [0.1, 0.15) is 6.04 Å². The third kappa shape index (κ3) is 4.95. The quantitative estimate of drug-likeness (QED) is 0.692. The lowest BCUT2D eigenvalue weighted by Crippen LogP contribution is -2.40. The Labute approximate surface area is 151 Å². The van der Waals surface area contributed by atoms with E-state index in [2.05, 4.69) is 5.32 Å². The highest BCUT2D eigenvalue weighted by Gasteiger charge is 2.26. The average Bonchev–Trinajstić information content (AvgIpc) is 3.06. The summed E-state index contributed by atoms with van der Waals surface area (Å²) in [5, 5.41) is 11.6. The van der Waals surface area contributed by atoms with E-state index < -0.39 is 33.5 Å². The van der Waals surface area contributed by atoms with E-state index >= 15 is 0 Å². The summed E-state index contributed by atoms with van der Waals surface area (Å²) in [6.07, 6.45) is 2.94. The van der Waals surface area contributed by atoms with Crippen LogP contribution in [0.25, 0.3) is 0 Å². The lowest BCUT2D eigenvalue weighted by atomic mass is 10.1. The molecule has 0 saturated heterocycles. The molecule has 0 radical (unpaired) electrons. The number of carboxylic acids is 1. The van der Waals surface area contributed by atoms with Gasteiger partial charge in [-0.15, -0.1) is 0 Å². The second-order valence-corrected chi connectivity index (χ2v) is 7.84. The van der Waals surface area contributed by atoms with Crippen LogP contribution >= 0.6 is 0 Å². The zero-order chi connectivity index (χ0) is 19.2. The molecule has 2 aromatic rings. The smallest absolute Gasteiger partial charge is 0.326 e. The van der Waals surface area contributed by atoms with Gasteiger partial charge in [0.15, 0.2) is 15.6 Å². The number of carboxylic acid groups (broad SMARTS) is 1. The van der Waals surface area contributed by atoms with Gasteiger partial charge in [-0.2, -0.15) is 0 Å². The van der Waals surface area contributed by atoms with E-state index in [4.69, 9.17) is 4.42 Å². The van der Waals surface area contributed by atoms with E-state index in [1.807, 2.05) is 6.92 Å². The van der Waals surface area contributed by atoms with E-state index in [0.29, 0.717) is 6.42 Å². The lowest BCUT2D eigenvalue weighted by Gasteiger charge is -2.13. The molecule has 7 nitrogen and oxygen atoms in total. The molecule has 1 aromatic carbocycles. The van der Waals surface area contributed by atoms with Gasteiger partial charge in [0.25, 0.3) is 5.91 Å². The van der Waals surface area contributed by atoms with Crippen molar-refractivity contribution in [3.8, 4) is 0 Å². The minimum absolute atomic E-state index is 0.138. The van der Waals surface area contributed by atoms with Gasteiger partial charge in [0.2, 0.25) is 0 Å². The van der Waals surface area contributed by atoms with Crippen LogP contribution < -0.4 is 5.32 Å². The molecule has 0 aliphatic heterocycles. The monoisotopic (exact) mass is 379 g/mol. The zero-order valence-corrected chi connectivity index (χ0v) is 15.2. The predicted molar refractivity (Wildman–Crippen MR) is 94.5 cm³/mol. The Morgan fingerprint density at radius 1 is 1.19 bits per heavy atom. The van der Waals surface area contributed by atoms with Gasteiger partial charge in [-0.05, 0) is 24.6 Å². The molecule has 0 bridgehead atoms. The van der Waals surface area contributed by atoms with Crippen molar-refractivity contribution >= 4 is 21.7 Å². The molecule has 0 aliphatic carbocycles. The number of unbranched alkanes of at least 4 members (excludes halogenated alkanes) is 1. The molecule has 140 valence electrons. The van der Waals surface area contributed by atoms with E-state index in [1.165, 1.54) is 24.5 Å². The molecular weight excluding hydrogens is 358 g/mol. The molecular formula is C18H21NO6S. The first-order valence-electron chi connectivity index (χ1n) is 8.23. The molecule has 1 atom stereocenters. The Hall–Kier alpha value is -2.61. The van der Waals surface area contributed by atoms with Gasteiger partial charge in [0, 0.05) is 5.56 Å². The van der Waals surface area contributed by atoms with Crippen LogP contribution in [-0.2, 0) is 20.4 Å². The number of rotatable bonds is 9. The topological polar surface area (TPSA) is 114 Å². The van der Waals surface area contributed by atoms with Gasteiger partial charge >= 0.3 is 5.97 Å². The highest BCUT2D eigenvalue weighted by Crippen LogP contribution is 2.20. The first kappa shape index (κ1) is 19.7. The molecule has 26 heavy (non-hydrogen) atoms. The van der Waals surface area contributed by atoms with Crippen molar-refractivity contribution in [3.05, 3.63) is 54.0 Å². The van der Waals surface area contributed by atoms with Crippen molar-refractivity contribution in [1.82, 2.24) is 5.32 Å². The largest absolute Gasteiger partial charge is 0.480 e. The maximum Gasteiger partial charge on any atom is 0.326 e. The first-order valence-corrected chi connectivity index (χ1v) is 9.88. The number of sulfone groups is 1. The minimum atomic E-state index is -3.65. The van der Waals surface area contributed by atoms with Crippen LogP contribution in [0.4, 0.5) is 0 Å². The molecule has 0 saturated carbocycles. The normalized spacial score (nSPS) is 12.5. The molecule has 0 fully saturated rings. The summed E-state index contributed by atoms with van der Waals surface area (Å²) in [5.41, 5.74) is 0.186. The van der Waals surface area contributed by atoms with Crippen molar-refractivity contribution in [2.24, 2.45) is 0 Å². The van der Waals surface area contributed by atoms with Crippen molar-refractivity contribution in [1.29, 1.82) is 0 Å². The van der Waals surface area contributed by atoms with Crippen LogP contribution in [0.3, 0.4) is 0 Å². The minimum Gasteiger partial charge on any atom is -0.480 e. The molecule has 8 heteroatoms. The fraction of sp³-hybridized carbons (Fsp3) is 0.333. The molecule has 2 rings (SSSR count). The molecule has 1 amide bonds. The van der Waals surface area contributed by atoms with E-state index in [1.54, 1.807) is 18.2 Å². The Morgan fingerprint density at radius 2 is 1.88 bits per heavy atom. The first-order chi connectivity index (χ1) is 12.3. The number of benzene rings is 1. The van der Waals surface area contributed by atoms with Crippen molar-refractivity contribution < 1.29 is 27.5 Å². The third-order valence-corrected chi connectivity index (χ3v) is 5.53. The van der Waals surface area contributed by atoms with Crippen LogP contribution in [0, 0.1) is 0 Å². The Morgan fingerprint density at radius 3 is 2.50 bits per heavy atom. The fourth-order valence-corrected chi connectivity index (χ4v) is 3.83. The number of hydrogen-bond donors (Lipinski definition) is 2. The summed E-state index contributed by atoms with van der Waals surface area (Å²) >= 11 is 0. The molecule has 0 spiro atoms. The second-order valence-electron chi connectivity index (χ2n) is 5.85. The van der Waals surface area contributed by atoms with Gasteiger partial charge in [0.05, 0.1) is 16.9 Å². The summed E-state index contributed by atoms with van der Waals surface area (Å²) in [7, 11) is -3.65. The Bertz CT molecular complexity index is 857. The number of furan rings is 1. The van der Waals surface area contributed by atoms with E-state index in [-0.39, 0.29) is 22.6 Å². The summed E-state index contributed by atoms with van der Waals surface area (Å²) in [4.78, 5) is 23.8. The highest BCUT2D eigenvalue weighted by atomic mass is 32.2. The SMILES string of the molecule is CCCCC(NC(=O)c1occc1CS(=O)(=O)c1ccccc1)C(=O)O. The molecule has 1 unspecified atom stereocenters. The van der Waals surface area contributed by atoms with Crippen LogP contribution in [0.2, 0.25) is 0 Å². The predicted octanol–water partition coefficient (Wildman–Crippen LogP) is 2.63. The van der Waals surface area contributed by atoms with Crippen LogP contribution in [-0.4, -0.2) is 31.4 Å². The van der Waals surface area contributed by atoms with Crippen molar-refractivity contribution in [2.45, 2.75) is 42.9 Å². The maximum atomic E-state index is 12.5. The van der Waals surface area contributed by atoms with E-state index in [9.17, 15) is 23.1 Å². The molecule has 2 N–H and O–H groups in total. The Kier molecular flexibility index (Phi) is 6.57. The number of amides is 1. The maximum absolute atomic E-state index is 12.5. The second kappa shape index (κ2) is 8.66. The number of aliphatic carboxylic acids is 1. The number of carbonyl (C=O) groups is 2. The average molecular weight is 379 g/mol. The Balaban J connectivity index is 2.17.